The highest BCUT2D eigenvalue weighted by Crippen LogP contribution is 2.13. The number of ether oxygens (including phenoxy) is 1. The summed E-state index contributed by atoms with van der Waals surface area (Å²) in [4.78, 5) is 13.6. The number of hydrogen-bond acceptors (Lipinski definition) is 5. The summed E-state index contributed by atoms with van der Waals surface area (Å²) in [5.41, 5.74) is 1.09. The normalized spacial score (nSPS) is 11.2. The topological polar surface area (TPSA) is 92.4 Å². The van der Waals surface area contributed by atoms with Gasteiger partial charge in [0.05, 0.1) is 5.75 Å². The lowest BCUT2D eigenvalue weighted by molar-refractivity contribution is -0.120. The standard InChI is InChI=1S/C15H19N3O4S/c1-12-3-5-13(6-4-12)22-11-15(19)18(9-10-23(2,20)21)14-7-8-16-17-14/h3-8H,9-11H2,1-2H3,(H,16,17). The molecule has 1 heterocycles. The molecule has 2 rings (SSSR count). The Bertz CT molecular complexity index is 740. The zero-order valence-corrected chi connectivity index (χ0v) is 13.8. The monoisotopic (exact) mass is 337 g/mol. The first-order valence-electron chi connectivity index (χ1n) is 7.02. The van der Waals surface area contributed by atoms with Crippen LogP contribution in [0.15, 0.2) is 36.5 Å². The van der Waals surface area contributed by atoms with Gasteiger partial charge in [0.2, 0.25) is 0 Å². The van der Waals surface area contributed by atoms with Gasteiger partial charge in [-0.2, -0.15) is 5.10 Å². The summed E-state index contributed by atoms with van der Waals surface area (Å²) in [5.74, 6) is 0.442. The second kappa shape index (κ2) is 7.28. The van der Waals surface area contributed by atoms with Crippen LogP contribution in [0.1, 0.15) is 5.56 Å². The van der Waals surface area contributed by atoms with Gasteiger partial charge in [-0.15, -0.1) is 0 Å². The molecule has 7 nitrogen and oxygen atoms in total. The lowest BCUT2D eigenvalue weighted by Crippen LogP contribution is -2.38. The van der Waals surface area contributed by atoms with Crippen molar-refractivity contribution in [1.29, 1.82) is 0 Å². The molecule has 2 aromatic rings. The number of sulfone groups is 1. The first-order valence-corrected chi connectivity index (χ1v) is 9.08. The maximum Gasteiger partial charge on any atom is 0.266 e. The number of amides is 1. The molecule has 0 spiro atoms. The van der Waals surface area contributed by atoms with Crippen LogP contribution in [0.4, 0.5) is 5.82 Å². The van der Waals surface area contributed by atoms with Crippen LogP contribution in [0.2, 0.25) is 0 Å². The molecule has 1 N–H and O–H groups in total. The number of aryl methyl sites for hydroxylation is 1. The van der Waals surface area contributed by atoms with Crippen LogP contribution >= 0.6 is 0 Å². The van der Waals surface area contributed by atoms with E-state index < -0.39 is 9.84 Å². The molecule has 0 aliphatic heterocycles. The fourth-order valence-corrected chi connectivity index (χ4v) is 2.40. The molecule has 0 saturated heterocycles. The lowest BCUT2D eigenvalue weighted by atomic mass is 10.2. The minimum Gasteiger partial charge on any atom is -0.484 e. The van der Waals surface area contributed by atoms with Gasteiger partial charge in [0.25, 0.3) is 5.91 Å². The molecule has 0 aliphatic rings. The summed E-state index contributed by atoms with van der Waals surface area (Å²) in [5, 5.41) is 6.54. The Morgan fingerprint density at radius 2 is 1.96 bits per heavy atom. The van der Waals surface area contributed by atoms with Crippen molar-refractivity contribution >= 4 is 21.6 Å². The SMILES string of the molecule is Cc1ccc(OCC(=O)N(CCS(C)(=O)=O)c2cc[nH]n2)cc1. The summed E-state index contributed by atoms with van der Waals surface area (Å²) in [6, 6.07) is 8.92. The van der Waals surface area contributed by atoms with Gasteiger partial charge in [-0.3, -0.25) is 14.8 Å². The van der Waals surface area contributed by atoms with Crippen molar-refractivity contribution in [3.8, 4) is 5.75 Å². The van der Waals surface area contributed by atoms with Crippen LogP contribution in [0.5, 0.6) is 5.75 Å². The molecular formula is C15H19N3O4S. The van der Waals surface area contributed by atoms with Gasteiger partial charge in [0.1, 0.15) is 15.6 Å². The fourth-order valence-electron chi connectivity index (χ4n) is 1.88. The zero-order chi connectivity index (χ0) is 16.9. The third-order valence-electron chi connectivity index (χ3n) is 3.13. The summed E-state index contributed by atoms with van der Waals surface area (Å²) in [7, 11) is -3.19. The minimum absolute atomic E-state index is 0.0276. The van der Waals surface area contributed by atoms with E-state index in [2.05, 4.69) is 10.2 Å². The molecule has 1 aromatic heterocycles. The molecule has 0 aliphatic carbocycles. The van der Waals surface area contributed by atoms with Crippen molar-refractivity contribution in [3.63, 3.8) is 0 Å². The second-order valence-corrected chi connectivity index (χ2v) is 7.47. The van der Waals surface area contributed by atoms with Crippen LogP contribution in [-0.2, 0) is 14.6 Å². The summed E-state index contributed by atoms with van der Waals surface area (Å²) < 4.78 is 28.1. The van der Waals surface area contributed by atoms with Crippen molar-refractivity contribution in [2.24, 2.45) is 0 Å². The van der Waals surface area contributed by atoms with Gasteiger partial charge >= 0.3 is 0 Å². The number of hydrogen-bond donors (Lipinski definition) is 1. The van der Waals surface area contributed by atoms with E-state index in [4.69, 9.17) is 4.74 Å². The van der Waals surface area contributed by atoms with Gasteiger partial charge in [-0.1, -0.05) is 17.7 Å². The number of anilines is 1. The molecule has 0 bridgehead atoms. The summed E-state index contributed by atoms with van der Waals surface area (Å²) in [6.07, 6.45) is 2.69. The van der Waals surface area contributed by atoms with Crippen molar-refractivity contribution in [3.05, 3.63) is 42.1 Å². The molecule has 23 heavy (non-hydrogen) atoms. The molecule has 0 fully saturated rings. The number of nitrogens with one attached hydrogen (secondary N) is 1. The van der Waals surface area contributed by atoms with Gasteiger partial charge in [0.15, 0.2) is 12.4 Å². The molecule has 0 unspecified atom stereocenters. The van der Waals surface area contributed by atoms with E-state index in [1.54, 1.807) is 24.4 Å². The Hall–Kier alpha value is -2.35. The Kier molecular flexibility index (Phi) is 5.38. The smallest absolute Gasteiger partial charge is 0.266 e. The summed E-state index contributed by atoms with van der Waals surface area (Å²) in [6.45, 7) is 1.79. The third kappa shape index (κ3) is 5.41. The first kappa shape index (κ1) is 17.0. The quantitative estimate of drug-likeness (QED) is 0.819. The largest absolute Gasteiger partial charge is 0.484 e. The molecule has 0 atom stereocenters. The molecule has 1 amide bonds. The Morgan fingerprint density at radius 3 is 2.52 bits per heavy atom. The van der Waals surface area contributed by atoms with E-state index in [9.17, 15) is 13.2 Å². The molecule has 1 aromatic carbocycles. The Labute approximate surface area is 135 Å². The average molecular weight is 337 g/mol. The molecule has 0 saturated carbocycles. The highest BCUT2D eigenvalue weighted by molar-refractivity contribution is 7.90. The predicted octanol–water partition coefficient (Wildman–Crippen LogP) is 1.17. The molecule has 124 valence electrons. The Balaban J connectivity index is 2.02. The average Bonchev–Trinajstić information content (AvgIpc) is 3.00. The van der Waals surface area contributed by atoms with Crippen LogP contribution in [0.3, 0.4) is 0 Å². The Morgan fingerprint density at radius 1 is 1.26 bits per heavy atom. The number of carbonyl (C=O) groups is 1. The van der Waals surface area contributed by atoms with Crippen molar-refractivity contribution < 1.29 is 17.9 Å². The van der Waals surface area contributed by atoms with Gasteiger partial charge in [0, 0.05) is 25.1 Å². The third-order valence-corrected chi connectivity index (χ3v) is 4.06. The van der Waals surface area contributed by atoms with E-state index in [1.807, 2.05) is 19.1 Å². The second-order valence-electron chi connectivity index (χ2n) is 5.21. The fraction of sp³-hybridized carbons (Fsp3) is 0.333. The molecule has 8 heteroatoms. The number of nitrogens with zero attached hydrogens (tertiary/aromatic N) is 2. The number of aromatic nitrogens is 2. The predicted molar refractivity (Wildman–Crippen MR) is 87.3 cm³/mol. The zero-order valence-electron chi connectivity index (χ0n) is 13.0. The van der Waals surface area contributed by atoms with Gasteiger partial charge < -0.3 is 4.74 Å². The highest BCUT2D eigenvalue weighted by Gasteiger charge is 2.20. The maximum atomic E-state index is 12.4. The van der Waals surface area contributed by atoms with E-state index in [-0.39, 0.29) is 24.8 Å². The van der Waals surface area contributed by atoms with E-state index in [1.165, 1.54) is 4.90 Å². The number of benzene rings is 1. The van der Waals surface area contributed by atoms with E-state index in [0.29, 0.717) is 11.6 Å². The van der Waals surface area contributed by atoms with Crippen molar-refractivity contribution in [1.82, 2.24) is 10.2 Å². The lowest BCUT2D eigenvalue weighted by Gasteiger charge is -2.20. The molecular weight excluding hydrogens is 318 g/mol. The first-order chi connectivity index (χ1) is 10.8. The van der Waals surface area contributed by atoms with Crippen LogP contribution in [0, 0.1) is 6.92 Å². The number of H-pyrrole nitrogens is 1. The van der Waals surface area contributed by atoms with E-state index in [0.717, 1.165) is 11.8 Å². The number of aromatic amines is 1. The molecule has 0 radical (unpaired) electrons. The van der Waals surface area contributed by atoms with Gasteiger partial charge in [-0.25, -0.2) is 8.42 Å². The van der Waals surface area contributed by atoms with E-state index >= 15 is 0 Å². The number of rotatable bonds is 7. The van der Waals surface area contributed by atoms with Crippen molar-refractivity contribution in [2.45, 2.75) is 6.92 Å². The van der Waals surface area contributed by atoms with Crippen LogP contribution in [-0.4, -0.2) is 49.7 Å². The van der Waals surface area contributed by atoms with Gasteiger partial charge in [-0.05, 0) is 19.1 Å². The minimum atomic E-state index is -3.19. The summed E-state index contributed by atoms with van der Waals surface area (Å²) >= 11 is 0. The number of carbonyl (C=O) groups excluding carboxylic acids is 1. The van der Waals surface area contributed by atoms with Crippen LogP contribution in [0.25, 0.3) is 0 Å². The van der Waals surface area contributed by atoms with Crippen molar-refractivity contribution in [2.75, 3.05) is 30.1 Å². The maximum absolute atomic E-state index is 12.4. The highest BCUT2D eigenvalue weighted by atomic mass is 32.2. The van der Waals surface area contributed by atoms with Crippen LogP contribution < -0.4 is 9.64 Å².